The summed E-state index contributed by atoms with van der Waals surface area (Å²) in [5.74, 6) is 0. The molecule has 2 aliphatic heterocycles. The molecule has 0 unspecified atom stereocenters. The second kappa shape index (κ2) is 10.3. The fourth-order valence-electron chi connectivity index (χ4n) is 3.57. The number of nitrogens with zero attached hydrogens (tertiary/aromatic N) is 4. The van der Waals surface area contributed by atoms with Gasteiger partial charge in [-0.3, -0.25) is 4.90 Å². The van der Waals surface area contributed by atoms with Crippen LogP contribution in [0.25, 0.3) is 0 Å². The van der Waals surface area contributed by atoms with Gasteiger partial charge in [0.15, 0.2) is 0 Å². The van der Waals surface area contributed by atoms with Gasteiger partial charge < -0.3 is 20.0 Å². The molecule has 0 spiro atoms. The number of nitrogens with one attached hydrogen (secondary N) is 1. The number of piperazine rings is 2. The molecule has 1 aromatic heterocycles. The molecule has 3 heterocycles. The van der Waals surface area contributed by atoms with E-state index in [4.69, 9.17) is 0 Å². The first kappa shape index (κ1) is 19.6. The molecule has 0 saturated carbocycles. The Labute approximate surface area is 161 Å². The highest BCUT2D eigenvalue weighted by molar-refractivity contribution is 7.09. The Morgan fingerprint density at radius 3 is 2.46 bits per heavy atom. The lowest BCUT2D eigenvalue weighted by Crippen LogP contribution is -2.51. The van der Waals surface area contributed by atoms with Gasteiger partial charge in [0.25, 0.3) is 0 Å². The van der Waals surface area contributed by atoms with Crippen LogP contribution in [-0.2, 0) is 6.54 Å². The maximum atomic E-state index is 12.3. The quantitative estimate of drug-likeness (QED) is 0.731. The van der Waals surface area contributed by atoms with Crippen LogP contribution in [0.5, 0.6) is 0 Å². The third-order valence-electron chi connectivity index (χ3n) is 5.39. The van der Waals surface area contributed by atoms with Gasteiger partial charge in [0.05, 0.1) is 0 Å². The molecular weight excluding hydrogens is 346 g/mol. The molecule has 2 saturated heterocycles. The summed E-state index contributed by atoms with van der Waals surface area (Å²) in [4.78, 5) is 23.0. The summed E-state index contributed by atoms with van der Waals surface area (Å²) < 4.78 is 0. The SMILES string of the molecule is CN1CCN(CCCCNC(=O)N2CCN(Cc3cccs3)CC2)CC1. The maximum Gasteiger partial charge on any atom is 0.317 e. The standard InChI is InChI=1S/C19H33N5OS/c1-21-8-10-22(11-9-21)7-3-2-6-20-19(25)24-14-12-23(13-15-24)17-18-5-4-16-26-18/h4-5,16H,2-3,6-15,17H2,1H3,(H,20,25). The van der Waals surface area contributed by atoms with E-state index in [1.54, 1.807) is 0 Å². The Morgan fingerprint density at radius 2 is 1.77 bits per heavy atom. The zero-order valence-corrected chi connectivity index (χ0v) is 16.8. The van der Waals surface area contributed by atoms with E-state index in [9.17, 15) is 4.79 Å². The van der Waals surface area contributed by atoms with E-state index in [1.807, 2.05) is 16.2 Å². The largest absolute Gasteiger partial charge is 0.338 e. The number of thiophene rings is 1. The maximum absolute atomic E-state index is 12.3. The molecule has 0 atom stereocenters. The number of carbonyl (C=O) groups excluding carboxylic acids is 1. The van der Waals surface area contributed by atoms with E-state index in [2.05, 4.69) is 44.6 Å². The van der Waals surface area contributed by atoms with Gasteiger partial charge in [0.2, 0.25) is 0 Å². The summed E-state index contributed by atoms with van der Waals surface area (Å²) in [5, 5.41) is 5.23. The minimum Gasteiger partial charge on any atom is -0.338 e. The van der Waals surface area contributed by atoms with Crippen LogP contribution in [0.2, 0.25) is 0 Å². The number of carbonyl (C=O) groups is 1. The molecule has 2 fully saturated rings. The number of urea groups is 1. The normalized spacial score (nSPS) is 20.4. The number of likely N-dealkylation sites (N-methyl/N-ethyl adjacent to an activating group) is 1. The van der Waals surface area contributed by atoms with Gasteiger partial charge in [-0.25, -0.2) is 4.79 Å². The molecule has 26 heavy (non-hydrogen) atoms. The molecule has 0 aliphatic carbocycles. The lowest BCUT2D eigenvalue weighted by atomic mass is 10.2. The van der Waals surface area contributed by atoms with E-state index < -0.39 is 0 Å². The third kappa shape index (κ3) is 6.23. The van der Waals surface area contributed by atoms with Gasteiger partial charge in [-0.1, -0.05) is 6.07 Å². The fraction of sp³-hybridized carbons (Fsp3) is 0.737. The summed E-state index contributed by atoms with van der Waals surface area (Å²) in [6.45, 7) is 11.3. The van der Waals surface area contributed by atoms with Crippen molar-refractivity contribution < 1.29 is 4.79 Å². The zero-order chi connectivity index (χ0) is 18.2. The van der Waals surface area contributed by atoms with Crippen LogP contribution in [0.1, 0.15) is 17.7 Å². The van der Waals surface area contributed by atoms with Gasteiger partial charge in [-0.2, -0.15) is 0 Å². The summed E-state index contributed by atoms with van der Waals surface area (Å²) in [6.07, 6.45) is 2.23. The highest BCUT2D eigenvalue weighted by Gasteiger charge is 2.21. The summed E-state index contributed by atoms with van der Waals surface area (Å²) in [6, 6.07) is 4.40. The van der Waals surface area contributed by atoms with E-state index in [-0.39, 0.29) is 6.03 Å². The van der Waals surface area contributed by atoms with Crippen molar-refractivity contribution in [3.05, 3.63) is 22.4 Å². The Bertz CT molecular complexity index is 522. The van der Waals surface area contributed by atoms with Crippen LogP contribution in [0.3, 0.4) is 0 Å². The third-order valence-corrected chi connectivity index (χ3v) is 6.25. The zero-order valence-electron chi connectivity index (χ0n) is 16.0. The summed E-state index contributed by atoms with van der Waals surface area (Å²) in [5.41, 5.74) is 0. The van der Waals surface area contributed by atoms with Crippen LogP contribution >= 0.6 is 11.3 Å². The molecule has 3 rings (SSSR count). The number of unbranched alkanes of at least 4 members (excludes halogenated alkanes) is 1. The lowest BCUT2D eigenvalue weighted by Gasteiger charge is -2.34. The van der Waals surface area contributed by atoms with Crippen LogP contribution < -0.4 is 5.32 Å². The topological polar surface area (TPSA) is 42.1 Å². The van der Waals surface area contributed by atoms with E-state index in [1.165, 1.54) is 37.5 Å². The molecule has 2 amide bonds. The van der Waals surface area contributed by atoms with Crippen molar-refractivity contribution in [3.63, 3.8) is 0 Å². The first-order valence-electron chi connectivity index (χ1n) is 9.89. The van der Waals surface area contributed by atoms with Crippen LogP contribution in [0.15, 0.2) is 17.5 Å². The average molecular weight is 380 g/mol. The van der Waals surface area contributed by atoms with Crippen molar-refractivity contribution in [2.75, 3.05) is 72.5 Å². The average Bonchev–Trinajstić information content (AvgIpc) is 3.16. The summed E-state index contributed by atoms with van der Waals surface area (Å²) >= 11 is 1.81. The lowest BCUT2D eigenvalue weighted by molar-refractivity contribution is 0.135. The van der Waals surface area contributed by atoms with E-state index in [0.717, 1.165) is 52.2 Å². The molecule has 1 aromatic rings. The van der Waals surface area contributed by atoms with Crippen molar-refractivity contribution in [2.24, 2.45) is 0 Å². The Hall–Kier alpha value is -1.15. The van der Waals surface area contributed by atoms with Gasteiger partial charge in [-0.05, 0) is 37.9 Å². The molecule has 146 valence electrons. The van der Waals surface area contributed by atoms with Crippen molar-refractivity contribution in [1.29, 1.82) is 0 Å². The molecule has 2 aliphatic rings. The first-order valence-corrected chi connectivity index (χ1v) is 10.8. The van der Waals surface area contributed by atoms with Gasteiger partial charge in [0.1, 0.15) is 0 Å². The summed E-state index contributed by atoms with van der Waals surface area (Å²) in [7, 11) is 2.19. The van der Waals surface area contributed by atoms with Crippen LogP contribution in [-0.4, -0.2) is 98.1 Å². The van der Waals surface area contributed by atoms with Crippen molar-refractivity contribution in [3.8, 4) is 0 Å². The molecule has 0 bridgehead atoms. The molecule has 7 heteroatoms. The van der Waals surface area contributed by atoms with Crippen molar-refractivity contribution >= 4 is 17.4 Å². The number of hydrogen-bond donors (Lipinski definition) is 1. The minimum absolute atomic E-state index is 0.111. The fourth-order valence-corrected chi connectivity index (χ4v) is 4.32. The molecule has 6 nitrogen and oxygen atoms in total. The van der Waals surface area contributed by atoms with Gasteiger partial charge in [0, 0.05) is 70.3 Å². The first-order chi connectivity index (χ1) is 12.7. The smallest absolute Gasteiger partial charge is 0.317 e. The highest BCUT2D eigenvalue weighted by atomic mass is 32.1. The predicted octanol–water partition coefficient (Wildman–Crippen LogP) is 1.60. The van der Waals surface area contributed by atoms with E-state index >= 15 is 0 Å². The highest BCUT2D eigenvalue weighted by Crippen LogP contribution is 2.13. The van der Waals surface area contributed by atoms with Gasteiger partial charge >= 0.3 is 6.03 Å². The van der Waals surface area contributed by atoms with Crippen molar-refractivity contribution in [1.82, 2.24) is 24.9 Å². The van der Waals surface area contributed by atoms with Crippen LogP contribution in [0, 0.1) is 0 Å². The number of hydrogen-bond acceptors (Lipinski definition) is 5. The second-order valence-corrected chi connectivity index (χ2v) is 8.46. The van der Waals surface area contributed by atoms with Crippen LogP contribution in [0.4, 0.5) is 4.79 Å². The molecular formula is C19H33N5OS. The number of rotatable bonds is 7. The predicted molar refractivity (Wildman–Crippen MR) is 108 cm³/mol. The molecule has 1 N–H and O–H groups in total. The monoisotopic (exact) mass is 379 g/mol. The Morgan fingerprint density at radius 1 is 1.04 bits per heavy atom. The second-order valence-electron chi connectivity index (χ2n) is 7.43. The van der Waals surface area contributed by atoms with Gasteiger partial charge in [-0.15, -0.1) is 11.3 Å². The number of amides is 2. The molecule has 0 radical (unpaired) electrons. The Balaban J connectivity index is 1.23. The van der Waals surface area contributed by atoms with E-state index in [0.29, 0.717) is 0 Å². The Kier molecular flexibility index (Phi) is 7.73. The minimum atomic E-state index is 0.111. The molecule has 0 aromatic carbocycles. The van der Waals surface area contributed by atoms with Crippen molar-refractivity contribution in [2.45, 2.75) is 19.4 Å².